The van der Waals surface area contributed by atoms with E-state index in [1.165, 1.54) is 38.5 Å². The quantitative estimate of drug-likeness (QED) is 0.625. The average Bonchev–Trinajstić information content (AvgIpc) is 2.75. The maximum absolute atomic E-state index is 12.2. The van der Waals surface area contributed by atoms with Crippen LogP contribution in [0.25, 0.3) is 0 Å². The van der Waals surface area contributed by atoms with Gasteiger partial charge in [0.2, 0.25) is 0 Å². The molecular formula is C17H25BrN2O. The van der Waals surface area contributed by atoms with E-state index < -0.39 is 0 Å². The van der Waals surface area contributed by atoms with Crippen LogP contribution in [0.2, 0.25) is 0 Å². The van der Waals surface area contributed by atoms with Crippen molar-refractivity contribution in [3.63, 3.8) is 0 Å². The maximum Gasteiger partial charge on any atom is 0.251 e. The van der Waals surface area contributed by atoms with Gasteiger partial charge in [0.1, 0.15) is 0 Å². The summed E-state index contributed by atoms with van der Waals surface area (Å²) >= 11 is 3.46. The average molecular weight is 353 g/mol. The number of hydrogen-bond acceptors (Lipinski definition) is 2. The van der Waals surface area contributed by atoms with Gasteiger partial charge in [-0.1, -0.05) is 47.7 Å². The second-order valence-corrected chi connectivity index (χ2v) is 6.67. The normalized spacial score (nSPS) is 16.5. The van der Waals surface area contributed by atoms with Gasteiger partial charge < -0.3 is 10.6 Å². The maximum atomic E-state index is 12.2. The molecule has 3 nitrogen and oxygen atoms in total. The first-order valence-electron chi connectivity index (χ1n) is 7.95. The smallest absolute Gasteiger partial charge is 0.251 e. The third-order valence-corrected chi connectivity index (χ3v) is 5.07. The third kappa shape index (κ3) is 5.11. The fraction of sp³-hybridized carbons (Fsp3) is 0.588. The molecule has 0 heterocycles. The number of rotatable bonds is 5. The zero-order valence-corrected chi connectivity index (χ0v) is 14.3. The predicted octanol–water partition coefficient (Wildman–Crippen LogP) is 3.80. The standard InChI is InChI=1S/C17H25BrN2O/c1-13-15(9-6-10-16(13)18)17(21)20-12-11-19-14-7-4-2-3-5-8-14/h6,9-10,14,19H,2-5,7-8,11-12H2,1H3,(H,20,21). The lowest BCUT2D eigenvalue weighted by molar-refractivity contribution is 0.0953. The number of nitrogens with one attached hydrogen (secondary N) is 2. The summed E-state index contributed by atoms with van der Waals surface area (Å²) in [5.41, 5.74) is 1.74. The Kier molecular flexibility index (Phi) is 6.71. The highest BCUT2D eigenvalue weighted by molar-refractivity contribution is 9.10. The molecular weight excluding hydrogens is 328 g/mol. The number of amides is 1. The lowest BCUT2D eigenvalue weighted by atomic mass is 10.1. The van der Waals surface area contributed by atoms with Crippen molar-refractivity contribution in [3.05, 3.63) is 33.8 Å². The Labute approximate surface area is 136 Å². The fourth-order valence-electron chi connectivity index (χ4n) is 2.88. The van der Waals surface area contributed by atoms with E-state index >= 15 is 0 Å². The number of benzene rings is 1. The van der Waals surface area contributed by atoms with E-state index in [0.29, 0.717) is 12.6 Å². The minimum Gasteiger partial charge on any atom is -0.351 e. The van der Waals surface area contributed by atoms with Crippen LogP contribution in [0.4, 0.5) is 0 Å². The van der Waals surface area contributed by atoms with Gasteiger partial charge >= 0.3 is 0 Å². The van der Waals surface area contributed by atoms with Crippen LogP contribution >= 0.6 is 15.9 Å². The van der Waals surface area contributed by atoms with Crippen molar-refractivity contribution in [2.75, 3.05) is 13.1 Å². The molecule has 0 spiro atoms. The molecule has 0 radical (unpaired) electrons. The van der Waals surface area contributed by atoms with Gasteiger partial charge in [-0.25, -0.2) is 0 Å². The Balaban J connectivity index is 1.73. The molecule has 1 fully saturated rings. The molecule has 1 aromatic rings. The van der Waals surface area contributed by atoms with E-state index in [1.807, 2.05) is 25.1 Å². The Bertz CT molecular complexity index is 468. The summed E-state index contributed by atoms with van der Waals surface area (Å²) in [6.07, 6.45) is 7.97. The number of carbonyl (C=O) groups excluding carboxylic acids is 1. The molecule has 1 saturated carbocycles. The SMILES string of the molecule is Cc1c(Br)cccc1C(=O)NCCNC1CCCCCC1. The molecule has 1 aliphatic rings. The molecule has 116 valence electrons. The van der Waals surface area contributed by atoms with E-state index in [1.54, 1.807) is 0 Å². The van der Waals surface area contributed by atoms with E-state index in [0.717, 1.165) is 22.1 Å². The summed E-state index contributed by atoms with van der Waals surface area (Å²) in [5, 5.41) is 6.57. The summed E-state index contributed by atoms with van der Waals surface area (Å²) in [4.78, 5) is 12.2. The summed E-state index contributed by atoms with van der Waals surface area (Å²) in [5.74, 6) is 0.0106. The molecule has 1 aliphatic carbocycles. The highest BCUT2D eigenvalue weighted by Crippen LogP contribution is 2.19. The highest BCUT2D eigenvalue weighted by Gasteiger charge is 2.12. The molecule has 0 unspecified atom stereocenters. The Morgan fingerprint density at radius 2 is 1.90 bits per heavy atom. The second kappa shape index (κ2) is 8.54. The third-order valence-electron chi connectivity index (χ3n) is 4.21. The molecule has 0 bridgehead atoms. The van der Waals surface area contributed by atoms with Crippen LogP contribution in [0.1, 0.15) is 54.4 Å². The van der Waals surface area contributed by atoms with Crippen LogP contribution in [-0.2, 0) is 0 Å². The largest absolute Gasteiger partial charge is 0.351 e. The van der Waals surface area contributed by atoms with Gasteiger partial charge in [0, 0.05) is 29.2 Å². The van der Waals surface area contributed by atoms with Crippen LogP contribution in [-0.4, -0.2) is 25.0 Å². The lowest BCUT2D eigenvalue weighted by Gasteiger charge is -2.16. The van der Waals surface area contributed by atoms with E-state index in [2.05, 4.69) is 26.6 Å². The van der Waals surface area contributed by atoms with Crippen LogP contribution in [0, 0.1) is 6.92 Å². The van der Waals surface area contributed by atoms with Crippen LogP contribution < -0.4 is 10.6 Å². The monoisotopic (exact) mass is 352 g/mol. The summed E-state index contributed by atoms with van der Waals surface area (Å²) < 4.78 is 0.978. The highest BCUT2D eigenvalue weighted by atomic mass is 79.9. The molecule has 2 N–H and O–H groups in total. The molecule has 0 aromatic heterocycles. The molecule has 21 heavy (non-hydrogen) atoms. The predicted molar refractivity (Wildman–Crippen MR) is 90.7 cm³/mol. The van der Waals surface area contributed by atoms with Crippen LogP contribution in [0.3, 0.4) is 0 Å². The minimum absolute atomic E-state index is 0.0106. The van der Waals surface area contributed by atoms with Crippen LogP contribution in [0.15, 0.2) is 22.7 Å². The molecule has 1 amide bonds. The second-order valence-electron chi connectivity index (χ2n) is 5.81. The zero-order chi connectivity index (χ0) is 15.1. The van der Waals surface area contributed by atoms with Crippen molar-refractivity contribution in [3.8, 4) is 0 Å². The lowest BCUT2D eigenvalue weighted by Crippen LogP contribution is -2.37. The number of carbonyl (C=O) groups is 1. The van der Waals surface area contributed by atoms with E-state index in [4.69, 9.17) is 0 Å². The summed E-state index contributed by atoms with van der Waals surface area (Å²) in [6, 6.07) is 6.36. The van der Waals surface area contributed by atoms with E-state index in [9.17, 15) is 4.79 Å². The van der Waals surface area contributed by atoms with Gasteiger partial charge in [-0.05, 0) is 37.5 Å². The summed E-state index contributed by atoms with van der Waals surface area (Å²) in [7, 11) is 0. The number of hydrogen-bond donors (Lipinski definition) is 2. The molecule has 4 heteroatoms. The van der Waals surface area contributed by atoms with Crippen molar-refractivity contribution in [2.45, 2.75) is 51.5 Å². The minimum atomic E-state index is 0.0106. The van der Waals surface area contributed by atoms with E-state index in [-0.39, 0.29) is 5.91 Å². The van der Waals surface area contributed by atoms with Gasteiger partial charge in [-0.15, -0.1) is 0 Å². The van der Waals surface area contributed by atoms with Gasteiger partial charge in [-0.3, -0.25) is 4.79 Å². The number of halogens is 1. The van der Waals surface area contributed by atoms with Gasteiger partial charge in [0.15, 0.2) is 0 Å². The Morgan fingerprint density at radius 1 is 1.19 bits per heavy atom. The Hall–Kier alpha value is -0.870. The fourth-order valence-corrected chi connectivity index (χ4v) is 3.25. The molecule has 0 saturated heterocycles. The summed E-state index contributed by atoms with van der Waals surface area (Å²) in [6.45, 7) is 3.49. The first-order valence-corrected chi connectivity index (χ1v) is 8.74. The van der Waals surface area contributed by atoms with Crippen molar-refractivity contribution in [1.29, 1.82) is 0 Å². The first-order chi connectivity index (χ1) is 10.2. The van der Waals surface area contributed by atoms with Crippen molar-refractivity contribution >= 4 is 21.8 Å². The Morgan fingerprint density at radius 3 is 2.62 bits per heavy atom. The zero-order valence-electron chi connectivity index (χ0n) is 12.8. The molecule has 2 rings (SSSR count). The van der Waals surface area contributed by atoms with Gasteiger partial charge in [0.25, 0.3) is 5.91 Å². The van der Waals surface area contributed by atoms with Crippen molar-refractivity contribution in [2.24, 2.45) is 0 Å². The van der Waals surface area contributed by atoms with Crippen molar-refractivity contribution < 1.29 is 4.79 Å². The molecule has 1 aromatic carbocycles. The molecule has 0 atom stereocenters. The van der Waals surface area contributed by atoms with Gasteiger partial charge in [-0.2, -0.15) is 0 Å². The first kappa shape index (κ1) is 16.5. The molecule has 0 aliphatic heterocycles. The van der Waals surface area contributed by atoms with Crippen LogP contribution in [0.5, 0.6) is 0 Å². The van der Waals surface area contributed by atoms with Gasteiger partial charge in [0.05, 0.1) is 0 Å². The topological polar surface area (TPSA) is 41.1 Å². The van der Waals surface area contributed by atoms with Crippen molar-refractivity contribution in [1.82, 2.24) is 10.6 Å².